The number of aliphatic hydroxyl groups excluding tert-OH is 2. The fraction of sp³-hybridized carbons (Fsp3) is 0.750. The maximum absolute atomic E-state index is 12.6. The summed E-state index contributed by atoms with van der Waals surface area (Å²) in [5, 5.41) is 18.2. The van der Waals surface area contributed by atoms with Gasteiger partial charge >= 0.3 is 0 Å². The number of nitrogens with zero attached hydrogens (tertiary/aromatic N) is 1. The topological polar surface area (TPSA) is 103 Å². The molecule has 2 aliphatic rings. The summed E-state index contributed by atoms with van der Waals surface area (Å²) in [4.78, 5) is 6.81. The van der Waals surface area contributed by atoms with E-state index in [1.54, 1.807) is 6.20 Å². The van der Waals surface area contributed by atoms with Crippen LogP contribution in [0.2, 0.25) is 0 Å². The smallest absolute Gasteiger partial charge is 0.157 e. The van der Waals surface area contributed by atoms with Crippen LogP contribution < -0.4 is 0 Å². The summed E-state index contributed by atoms with van der Waals surface area (Å²) >= 11 is 0. The normalized spacial score (nSPS) is 40.4. The average Bonchev–Trinajstić information content (AvgIpc) is 3.02. The quantitative estimate of drug-likeness (QED) is 0.695. The number of nitrogens with one attached hydrogen (secondary N) is 1. The highest BCUT2D eigenvalue weighted by Gasteiger charge is 2.57. The summed E-state index contributed by atoms with van der Waals surface area (Å²) in [5.41, 5.74) is 0.795. The van der Waals surface area contributed by atoms with Gasteiger partial charge in [0.1, 0.15) is 0 Å². The predicted molar refractivity (Wildman–Crippen MR) is 68.1 cm³/mol. The molecule has 0 amide bonds. The lowest BCUT2D eigenvalue weighted by atomic mass is 9.97. The molecule has 19 heavy (non-hydrogen) atoms. The van der Waals surface area contributed by atoms with Crippen LogP contribution in [-0.2, 0) is 16.3 Å². The molecule has 1 aliphatic carbocycles. The molecule has 0 aromatic carbocycles. The second kappa shape index (κ2) is 4.57. The summed E-state index contributed by atoms with van der Waals surface area (Å²) < 4.78 is 25.1. The molecule has 1 saturated heterocycles. The van der Waals surface area contributed by atoms with Crippen molar-refractivity contribution in [2.45, 2.75) is 35.9 Å². The van der Waals surface area contributed by atoms with Crippen molar-refractivity contribution in [2.24, 2.45) is 11.8 Å². The van der Waals surface area contributed by atoms with Crippen molar-refractivity contribution >= 4 is 9.84 Å². The van der Waals surface area contributed by atoms with Gasteiger partial charge in [-0.1, -0.05) is 0 Å². The van der Waals surface area contributed by atoms with E-state index in [1.165, 1.54) is 6.33 Å². The molecule has 3 unspecified atom stereocenters. The van der Waals surface area contributed by atoms with Crippen LogP contribution in [0, 0.1) is 11.8 Å². The molecule has 0 radical (unpaired) electrons. The first-order valence-electron chi connectivity index (χ1n) is 6.53. The van der Waals surface area contributed by atoms with E-state index < -0.39 is 26.4 Å². The van der Waals surface area contributed by atoms with Crippen LogP contribution >= 0.6 is 0 Å². The average molecular weight is 286 g/mol. The van der Waals surface area contributed by atoms with E-state index in [4.69, 9.17) is 0 Å². The lowest BCUT2D eigenvalue weighted by Crippen LogP contribution is -2.31. The first-order chi connectivity index (χ1) is 9.04. The summed E-state index contributed by atoms with van der Waals surface area (Å²) in [6.45, 7) is -0.172. The number of rotatable bonds is 3. The maximum atomic E-state index is 12.6. The van der Waals surface area contributed by atoms with Gasteiger partial charge in [0.25, 0.3) is 0 Å². The Hall–Kier alpha value is -0.920. The zero-order chi connectivity index (χ0) is 13.6. The molecule has 0 bridgehead atoms. The summed E-state index contributed by atoms with van der Waals surface area (Å²) in [6.07, 6.45) is 3.82. The molecule has 6 nitrogen and oxygen atoms in total. The van der Waals surface area contributed by atoms with E-state index in [1.807, 2.05) is 0 Å². The molecule has 3 rings (SSSR count). The molecule has 2 fully saturated rings. The molecule has 5 atom stereocenters. The van der Waals surface area contributed by atoms with Crippen molar-refractivity contribution in [3.8, 4) is 0 Å². The second-order valence-electron chi connectivity index (χ2n) is 5.60. The number of fused-ring (bicyclic) bond motifs is 1. The Morgan fingerprint density at radius 3 is 2.84 bits per heavy atom. The first kappa shape index (κ1) is 13.1. The molecule has 7 heteroatoms. The second-order valence-corrected chi connectivity index (χ2v) is 7.99. The highest BCUT2D eigenvalue weighted by molar-refractivity contribution is 7.93. The number of hydrogen-bond acceptors (Lipinski definition) is 5. The summed E-state index contributed by atoms with van der Waals surface area (Å²) in [6, 6.07) is 0. The third kappa shape index (κ3) is 2.00. The lowest BCUT2D eigenvalue weighted by molar-refractivity contribution is 0.126. The van der Waals surface area contributed by atoms with Crippen LogP contribution in [0.3, 0.4) is 0 Å². The third-order valence-corrected chi connectivity index (χ3v) is 7.32. The molecule has 106 valence electrons. The Kier molecular flexibility index (Phi) is 3.15. The van der Waals surface area contributed by atoms with E-state index >= 15 is 0 Å². The van der Waals surface area contributed by atoms with Crippen LogP contribution in [-0.4, -0.2) is 51.8 Å². The van der Waals surface area contributed by atoms with Gasteiger partial charge < -0.3 is 15.2 Å². The van der Waals surface area contributed by atoms with Crippen LogP contribution in [0.15, 0.2) is 12.5 Å². The number of hydrogen-bond donors (Lipinski definition) is 3. The molecule has 3 N–H and O–H groups in total. The van der Waals surface area contributed by atoms with Gasteiger partial charge in [0.2, 0.25) is 0 Å². The Bertz CT molecular complexity index is 542. The van der Waals surface area contributed by atoms with Gasteiger partial charge in [0.15, 0.2) is 9.84 Å². The third-order valence-electron chi connectivity index (χ3n) is 4.54. The highest BCUT2D eigenvalue weighted by atomic mass is 32.2. The first-order valence-corrected chi connectivity index (χ1v) is 8.14. The van der Waals surface area contributed by atoms with Gasteiger partial charge in [-0.05, 0) is 12.8 Å². The zero-order valence-corrected chi connectivity index (χ0v) is 11.3. The van der Waals surface area contributed by atoms with Gasteiger partial charge in [-0.2, -0.15) is 0 Å². The number of aromatic amines is 1. The number of sulfone groups is 1. The monoisotopic (exact) mass is 286 g/mol. The van der Waals surface area contributed by atoms with Crippen molar-refractivity contribution in [1.82, 2.24) is 9.97 Å². The maximum Gasteiger partial charge on any atom is 0.157 e. The molecule has 1 aromatic heterocycles. The van der Waals surface area contributed by atoms with Crippen LogP contribution in [0.4, 0.5) is 0 Å². The van der Waals surface area contributed by atoms with Crippen LogP contribution in [0.5, 0.6) is 0 Å². The Morgan fingerprint density at radius 1 is 1.42 bits per heavy atom. The number of aromatic nitrogens is 2. The van der Waals surface area contributed by atoms with E-state index in [0.717, 1.165) is 5.69 Å². The highest BCUT2D eigenvalue weighted by Crippen LogP contribution is 2.47. The van der Waals surface area contributed by atoms with E-state index in [2.05, 4.69) is 9.97 Å². The number of aliphatic hydroxyl groups is 2. The Morgan fingerprint density at radius 2 is 2.21 bits per heavy atom. The van der Waals surface area contributed by atoms with Crippen molar-refractivity contribution in [3.05, 3.63) is 18.2 Å². The largest absolute Gasteiger partial charge is 0.396 e. The Balaban J connectivity index is 1.86. The van der Waals surface area contributed by atoms with Gasteiger partial charge in [-0.25, -0.2) is 13.4 Å². The van der Waals surface area contributed by atoms with Gasteiger partial charge in [-0.15, -0.1) is 0 Å². The van der Waals surface area contributed by atoms with Crippen LogP contribution in [0.1, 0.15) is 18.5 Å². The van der Waals surface area contributed by atoms with Crippen LogP contribution in [0.25, 0.3) is 0 Å². The SMILES string of the molecule is O=S1(=O)C2C(C[C@@H]1Cc1cnc[nH]1)C(O)C[C@H]2CO. The molecule has 2 heterocycles. The molecule has 1 aliphatic heterocycles. The van der Waals surface area contributed by atoms with Crippen molar-refractivity contribution in [1.29, 1.82) is 0 Å². The minimum atomic E-state index is -3.30. The van der Waals surface area contributed by atoms with Crippen molar-refractivity contribution in [2.75, 3.05) is 6.61 Å². The summed E-state index contributed by atoms with van der Waals surface area (Å²) in [7, 11) is -3.30. The van der Waals surface area contributed by atoms with Crippen molar-refractivity contribution in [3.63, 3.8) is 0 Å². The fourth-order valence-electron chi connectivity index (χ4n) is 3.67. The molecule has 1 saturated carbocycles. The number of H-pyrrole nitrogens is 1. The molecule has 1 aromatic rings. The molecule has 0 spiro atoms. The zero-order valence-electron chi connectivity index (χ0n) is 10.4. The fourth-order valence-corrected chi connectivity index (χ4v) is 6.53. The van der Waals surface area contributed by atoms with E-state index in [9.17, 15) is 18.6 Å². The van der Waals surface area contributed by atoms with Gasteiger partial charge in [-0.3, -0.25) is 0 Å². The minimum Gasteiger partial charge on any atom is -0.396 e. The predicted octanol–water partition coefficient (Wildman–Crippen LogP) is -0.503. The minimum absolute atomic E-state index is 0.172. The van der Waals surface area contributed by atoms with E-state index in [-0.39, 0.29) is 18.4 Å². The number of imidazole rings is 1. The lowest BCUT2D eigenvalue weighted by Gasteiger charge is -2.17. The summed E-state index contributed by atoms with van der Waals surface area (Å²) in [5.74, 6) is -0.549. The molecular weight excluding hydrogens is 268 g/mol. The molecular formula is C12H18N2O4S. The Labute approximate surface area is 111 Å². The van der Waals surface area contributed by atoms with E-state index in [0.29, 0.717) is 19.3 Å². The van der Waals surface area contributed by atoms with Crippen molar-refractivity contribution < 1.29 is 18.6 Å². The van der Waals surface area contributed by atoms with Gasteiger partial charge in [0.05, 0.1) is 22.9 Å². The van der Waals surface area contributed by atoms with Gasteiger partial charge in [0, 0.05) is 36.8 Å². The standard InChI is InChI=1S/C12H18N2O4S/c15-5-7-1-11(16)10-3-9(19(17,18)12(7)10)2-8-4-13-6-14-8/h4,6-7,9-12,15-16H,1-3,5H2,(H,13,14)/t7-,9-,10?,11?,12?/m0/s1.